The molecule has 0 aliphatic rings. The first-order valence-electron chi connectivity index (χ1n) is 5.15. The summed E-state index contributed by atoms with van der Waals surface area (Å²) in [5.74, 6) is 0.958. The maximum absolute atomic E-state index is 11.7. The van der Waals surface area contributed by atoms with E-state index in [0.717, 1.165) is 16.0 Å². The number of nitrogens with one attached hydrogen (secondary N) is 1. The van der Waals surface area contributed by atoms with Crippen LogP contribution in [0.5, 0.6) is 0 Å². The quantitative estimate of drug-likeness (QED) is 0.843. The Kier molecular flexibility index (Phi) is 3.92. The molecule has 2 heterocycles. The van der Waals surface area contributed by atoms with E-state index in [0.29, 0.717) is 5.13 Å². The summed E-state index contributed by atoms with van der Waals surface area (Å²) >= 11 is 2.68. The SMILES string of the molecule is Cc1nnc(NC(=O)CSc2nnc(C)n2C)s1. The second-order valence-electron chi connectivity index (χ2n) is 3.55. The molecule has 96 valence electrons. The van der Waals surface area contributed by atoms with Gasteiger partial charge in [0.05, 0.1) is 5.75 Å². The fourth-order valence-electron chi connectivity index (χ4n) is 1.15. The van der Waals surface area contributed by atoms with Crippen LogP contribution in [0.3, 0.4) is 0 Å². The lowest BCUT2D eigenvalue weighted by Gasteiger charge is -2.01. The highest BCUT2D eigenvalue weighted by Gasteiger charge is 2.10. The zero-order chi connectivity index (χ0) is 13.1. The Morgan fingerprint density at radius 2 is 2.11 bits per heavy atom. The van der Waals surface area contributed by atoms with Crippen molar-refractivity contribution in [1.29, 1.82) is 0 Å². The molecule has 7 nitrogen and oxygen atoms in total. The third-order valence-corrected chi connectivity index (χ3v) is 3.93. The van der Waals surface area contributed by atoms with Gasteiger partial charge in [-0.2, -0.15) is 0 Å². The summed E-state index contributed by atoms with van der Waals surface area (Å²) < 4.78 is 1.84. The number of hydrogen-bond donors (Lipinski definition) is 1. The summed E-state index contributed by atoms with van der Waals surface area (Å²) in [4.78, 5) is 11.7. The Labute approximate surface area is 112 Å². The predicted molar refractivity (Wildman–Crippen MR) is 69.7 cm³/mol. The molecule has 2 aromatic heterocycles. The van der Waals surface area contributed by atoms with Crippen LogP contribution < -0.4 is 5.32 Å². The van der Waals surface area contributed by atoms with Crippen LogP contribution in [0, 0.1) is 13.8 Å². The first-order chi connectivity index (χ1) is 8.56. The van der Waals surface area contributed by atoms with Gasteiger partial charge < -0.3 is 4.57 Å². The van der Waals surface area contributed by atoms with Crippen molar-refractivity contribution < 1.29 is 4.79 Å². The molecule has 1 N–H and O–H groups in total. The first kappa shape index (κ1) is 13.0. The zero-order valence-corrected chi connectivity index (χ0v) is 11.8. The van der Waals surface area contributed by atoms with Gasteiger partial charge in [-0.25, -0.2) is 0 Å². The third-order valence-electron chi connectivity index (χ3n) is 2.16. The minimum Gasteiger partial charge on any atom is -0.309 e. The van der Waals surface area contributed by atoms with Crippen molar-refractivity contribution in [3.63, 3.8) is 0 Å². The summed E-state index contributed by atoms with van der Waals surface area (Å²) in [5.41, 5.74) is 0. The van der Waals surface area contributed by atoms with Gasteiger partial charge in [0.25, 0.3) is 0 Å². The van der Waals surface area contributed by atoms with Gasteiger partial charge >= 0.3 is 0 Å². The monoisotopic (exact) mass is 284 g/mol. The van der Waals surface area contributed by atoms with E-state index in [2.05, 4.69) is 25.7 Å². The zero-order valence-electron chi connectivity index (χ0n) is 10.2. The topological polar surface area (TPSA) is 85.6 Å². The van der Waals surface area contributed by atoms with Crippen LogP contribution in [0.4, 0.5) is 5.13 Å². The molecule has 0 aromatic carbocycles. The van der Waals surface area contributed by atoms with Gasteiger partial charge in [-0.05, 0) is 13.8 Å². The predicted octanol–water partition coefficient (Wildman–Crippen LogP) is 1.01. The van der Waals surface area contributed by atoms with Crippen LogP contribution in [0.25, 0.3) is 0 Å². The van der Waals surface area contributed by atoms with Crippen molar-refractivity contribution in [2.24, 2.45) is 7.05 Å². The molecule has 9 heteroatoms. The summed E-state index contributed by atoms with van der Waals surface area (Å²) in [5, 5.41) is 20.3. The summed E-state index contributed by atoms with van der Waals surface area (Å²) in [6, 6.07) is 0. The van der Waals surface area contributed by atoms with Crippen molar-refractivity contribution in [1.82, 2.24) is 25.0 Å². The molecule has 0 saturated carbocycles. The van der Waals surface area contributed by atoms with Gasteiger partial charge in [0, 0.05) is 7.05 Å². The van der Waals surface area contributed by atoms with E-state index in [4.69, 9.17) is 0 Å². The number of carbonyl (C=O) groups excluding carboxylic acids is 1. The summed E-state index contributed by atoms with van der Waals surface area (Å²) in [7, 11) is 1.86. The fourth-order valence-corrected chi connectivity index (χ4v) is 2.51. The lowest BCUT2D eigenvalue weighted by atomic mass is 10.7. The normalized spacial score (nSPS) is 10.6. The number of aromatic nitrogens is 5. The van der Waals surface area contributed by atoms with Crippen LogP contribution in [0.1, 0.15) is 10.8 Å². The van der Waals surface area contributed by atoms with Crippen LogP contribution >= 0.6 is 23.1 Å². The number of hydrogen-bond acceptors (Lipinski definition) is 7. The van der Waals surface area contributed by atoms with Gasteiger partial charge in [-0.3, -0.25) is 10.1 Å². The smallest absolute Gasteiger partial charge is 0.236 e. The standard InChI is InChI=1S/C9H12N6OS2/c1-5-11-14-9(15(5)3)17-4-7(16)10-8-13-12-6(2)18-8/h4H2,1-3H3,(H,10,13,16). The Bertz CT molecular complexity index is 563. The number of nitrogens with zero attached hydrogens (tertiary/aromatic N) is 5. The van der Waals surface area contributed by atoms with Crippen molar-refractivity contribution in [2.75, 3.05) is 11.1 Å². The van der Waals surface area contributed by atoms with E-state index in [1.54, 1.807) is 0 Å². The number of anilines is 1. The number of thioether (sulfide) groups is 1. The van der Waals surface area contributed by atoms with Crippen LogP contribution in [-0.4, -0.2) is 36.6 Å². The Balaban J connectivity index is 1.87. The van der Waals surface area contributed by atoms with Crippen LogP contribution in [0.15, 0.2) is 5.16 Å². The molecule has 2 rings (SSSR count). The first-order valence-corrected chi connectivity index (χ1v) is 6.95. The van der Waals surface area contributed by atoms with Crippen molar-refractivity contribution >= 4 is 34.1 Å². The molecule has 0 fully saturated rings. The molecule has 1 amide bonds. The van der Waals surface area contributed by atoms with Crippen molar-refractivity contribution in [3.05, 3.63) is 10.8 Å². The van der Waals surface area contributed by atoms with E-state index in [1.807, 2.05) is 25.5 Å². The van der Waals surface area contributed by atoms with E-state index >= 15 is 0 Å². The van der Waals surface area contributed by atoms with Gasteiger partial charge in [-0.15, -0.1) is 20.4 Å². The molecule has 0 unspecified atom stereocenters. The minimum absolute atomic E-state index is 0.128. The van der Waals surface area contributed by atoms with Crippen molar-refractivity contribution in [2.45, 2.75) is 19.0 Å². The van der Waals surface area contributed by atoms with Gasteiger partial charge in [-0.1, -0.05) is 23.1 Å². The molecule has 0 bridgehead atoms. The Morgan fingerprint density at radius 1 is 1.33 bits per heavy atom. The Morgan fingerprint density at radius 3 is 2.67 bits per heavy atom. The second-order valence-corrected chi connectivity index (χ2v) is 5.68. The fraction of sp³-hybridized carbons (Fsp3) is 0.444. The number of carbonyl (C=O) groups is 1. The molecule has 0 radical (unpaired) electrons. The van der Waals surface area contributed by atoms with Gasteiger partial charge in [0.2, 0.25) is 11.0 Å². The van der Waals surface area contributed by atoms with Crippen LogP contribution in [-0.2, 0) is 11.8 Å². The third kappa shape index (κ3) is 3.05. The highest BCUT2D eigenvalue weighted by Crippen LogP contribution is 2.17. The molecular weight excluding hydrogens is 272 g/mol. The van der Waals surface area contributed by atoms with Crippen LogP contribution in [0.2, 0.25) is 0 Å². The Hall–Kier alpha value is -1.48. The largest absolute Gasteiger partial charge is 0.309 e. The molecule has 0 aliphatic heterocycles. The lowest BCUT2D eigenvalue weighted by molar-refractivity contribution is -0.113. The average Bonchev–Trinajstić information content (AvgIpc) is 2.86. The van der Waals surface area contributed by atoms with E-state index in [1.165, 1.54) is 23.1 Å². The molecule has 0 aliphatic carbocycles. The van der Waals surface area contributed by atoms with Gasteiger partial charge in [0.15, 0.2) is 5.16 Å². The summed E-state index contributed by atoms with van der Waals surface area (Å²) in [6.07, 6.45) is 0. The van der Waals surface area contributed by atoms with E-state index < -0.39 is 0 Å². The number of rotatable bonds is 4. The summed E-state index contributed by atoms with van der Waals surface area (Å²) in [6.45, 7) is 3.70. The van der Waals surface area contributed by atoms with Gasteiger partial charge in [0.1, 0.15) is 10.8 Å². The highest BCUT2D eigenvalue weighted by molar-refractivity contribution is 7.99. The maximum atomic E-state index is 11.7. The maximum Gasteiger partial charge on any atom is 0.236 e. The second kappa shape index (κ2) is 5.44. The molecule has 18 heavy (non-hydrogen) atoms. The van der Waals surface area contributed by atoms with E-state index in [-0.39, 0.29) is 11.7 Å². The number of aryl methyl sites for hydroxylation is 2. The molecule has 0 spiro atoms. The molecule has 0 saturated heterocycles. The highest BCUT2D eigenvalue weighted by atomic mass is 32.2. The molecular formula is C9H12N6OS2. The minimum atomic E-state index is -0.128. The molecule has 0 atom stereocenters. The number of amides is 1. The average molecular weight is 284 g/mol. The lowest BCUT2D eigenvalue weighted by Crippen LogP contribution is -2.14. The molecule has 2 aromatic rings. The van der Waals surface area contributed by atoms with Crippen molar-refractivity contribution in [3.8, 4) is 0 Å². The van der Waals surface area contributed by atoms with E-state index in [9.17, 15) is 4.79 Å².